The highest BCUT2D eigenvalue weighted by atomic mass is 32.1. The third-order valence-corrected chi connectivity index (χ3v) is 13.2. The van der Waals surface area contributed by atoms with E-state index < -0.39 is 36.3 Å². The van der Waals surface area contributed by atoms with E-state index in [0.717, 1.165) is 69.5 Å². The van der Waals surface area contributed by atoms with Crippen LogP contribution in [-0.4, -0.2) is 4.57 Å². The van der Waals surface area contributed by atoms with E-state index >= 15 is 0 Å². The number of fused-ring (bicyclic) bond motifs is 11. The summed E-state index contributed by atoms with van der Waals surface area (Å²) in [6.45, 7) is 4.39. The van der Waals surface area contributed by atoms with E-state index in [0.29, 0.717) is 22.4 Å². The normalized spacial score (nSPS) is 15.6. The number of para-hydroxylation sites is 2. The molecule has 3 heteroatoms. The molecule has 2 aromatic heterocycles. The Labute approximate surface area is 355 Å². The van der Waals surface area contributed by atoms with Gasteiger partial charge in [0.05, 0.1) is 24.7 Å². The highest BCUT2D eigenvalue weighted by Crippen LogP contribution is 2.51. The van der Waals surface area contributed by atoms with Gasteiger partial charge in [-0.2, -0.15) is 0 Å². The molecule has 58 heavy (non-hydrogen) atoms. The first kappa shape index (κ1) is 24.6. The van der Waals surface area contributed by atoms with Gasteiger partial charge in [-0.15, -0.1) is 11.3 Å². The second-order valence-electron chi connectivity index (χ2n) is 15.4. The molecule has 274 valence electrons. The van der Waals surface area contributed by atoms with Crippen molar-refractivity contribution in [2.45, 2.75) is 19.3 Å². The van der Waals surface area contributed by atoms with Gasteiger partial charge in [-0.1, -0.05) is 129 Å². The highest BCUT2D eigenvalue weighted by molar-refractivity contribution is 7.26. The number of thiophene rings is 1. The van der Waals surface area contributed by atoms with Gasteiger partial charge in [0.25, 0.3) is 0 Å². The summed E-state index contributed by atoms with van der Waals surface area (Å²) in [6, 6.07) is 41.0. The van der Waals surface area contributed by atoms with Crippen molar-refractivity contribution in [1.29, 1.82) is 0 Å². The number of anilines is 3. The van der Waals surface area contributed by atoms with E-state index in [9.17, 15) is 0 Å². The SMILES string of the molecule is [2H]c1c([2H])c([2H])c(N(c2ccc(-c3ccc4c(c3)c3cc5ccc6c7ccccc7sc6c5cc3n4-c3c([2H])c([2H])c([2H])c([2H])c3[2H])cc2)c2ccc3c(c2)-c2ccccc2C3(C)C)c([2H])c1[2H]. The molecule has 0 radical (unpaired) electrons. The minimum atomic E-state index is -0.464. The number of aromatic nitrogens is 1. The standard InChI is InChI=1S/C55H38N2S/c1-55(2)49-19-11-9-17-42(49)46-33-41(27-29-50(46)55)56(38-13-5-3-6-14-38)40-25-21-35(22-26-40)36-24-30-51-47(31-36)48-32-37-23-28-44-43-18-10-12-20-53(43)58-54(44)45(37)34-52(48)57(51)39-15-7-4-8-16-39/h3-34H,1-2H3/i3D,4D,5D,6D,7D,8D,13D,14D,15D,16D. The molecule has 2 nitrogen and oxygen atoms in total. The fourth-order valence-electron chi connectivity index (χ4n) is 9.21. The summed E-state index contributed by atoms with van der Waals surface area (Å²) < 4.78 is 91.6. The number of benzene rings is 9. The highest BCUT2D eigenvalue weighted by Gasteiger charge is 2.35. The van der Waals surface area contributed by atoms with Crippen molar-refractivity contribution >= 4 is 81.1 Å². The summed E-state index contributed by atoms with van der Waals surface area (Å²) in [5.41, 5.74) is 8.63. The van der Waals surface area contributed by atoms with Crippen molar-refractivity contribution < 1.29 is 13.7 Å². The molecule has 0 N–H and O–H groups in total. The van der Waals surface area contributed by atoms with Gasteiger partial charge in [0.2, 0.25) is 0 Å². The van der Waals surface area contributed by atoms with E-state index in [1.807, 2.05) is 72.8 Å². The molecule has 0 fully saturated rings. The van der Waals surface area contributed by atoms with E-state index in [1.54, 1.807) is 20.8 Å². The maximum atomic E-state index is 9.09. The monoisotopic (exact) mass is 768 g/mol. The van der Waals surface area contributed by atoms with Crippen molar-refractivity contribution in [2.75, 3.05) is 4.90 Å². The van der Waals surface area contributed by atoms with Crippen molar-refractivity contribution in [3.8, 4) is 27.9 Å². The number of rotatable bonds is 5. The minimum absolute atomic E-state index is 0.0382. The minimum Gasteiger partial charge on any atom is -0.310 e. The summed E-state index contributed by atoms with van der Waals surface area (Å²) in [5, 5.41) is 5.99. The maximum absolute atomic E-state index is 9.09. The van der Waals surface area contributed by atoms with Crippen molar-refractivity contribution in [2.24, 2.45) is 0 Å². The summed E-state index contributed by atoms with van der Waals surface area (Å²) in [5.74, 6) is 0. The topological polar surface area (TPSA) is 8.17 Å². The summed E-state index contributed by atoms with van der Waals surface area (Å²) >= 11 is 1.71. The smallest absolute Gasteiger partial charge is 0.0645 e. The third-order valence-electron chi connectivity index (χ3n) is 11.9. The van der Waals surface area contributed by atoms with Crippen LogP contribution in [0.4, 0.5) is 17.1 Å². The Bertz CT molecular complexity index is 3960. The molecule has 0 bridgehead atoms. The van der Waals surface area contributed by atoms with Crippen molar-refractivity contribution in [3.05, 3.63) is 205 Å². The van der Waals surface area contributed by atoms with Crippen LogP contribution in [-0.2, 0) is 5.41 Å². The fraction of sp³-hybridized carbons (Fsp3) is 0.0545. The fourth-order valence-corrected chi connectivity index (χ4v) is 10.4. The molecule has 1 aliphatic rings. The summed E-state index contributed by atoms with van der Waals surface area (Å²) in [7, 11) is 0. The third kappa shape index (κ3) is 4.90. The molecule has 2 heterocycles. The van der Waals surface area contributed by atoms with Gasteiger partial charge < -0.3 is 9.47 Å². The Balaban J connectivity index is 1.05. The van der Waals surface area contributed by atoms with E-state index in [-0.39, 0.29) is 41.0 Å². The van der Waals surface area contributed by atoms with Crippen LogP contribution in [0, 0.1) is 0 Å². The van der Waals surface area contributed by atoms with Gasteiger partial charge in [0.1, 0.15) is 0 Å². The molecule has 0 atom stereocenters. The van der Waals surface area contributed by atoms with Gasteiger partial charge >= 0.3 is 0 Å². The Morgan fingerprint density at radius 1 is 0.500 bits per heavy atom. The number of hydrogen-bond donors (Lipinski definition) is 0. The first-order valence-corrected chi connectivity index (χ1v) is 20.1. The number of hydrogen-bond acceptors (Lipinski definition) is 2. The van der Waals surface area contributed by atoms with Gasteiger partial charge in [-0.3, -0.25) is 0 Å². The predicted octanol–water partition coefficient (Wildman–Crippen LogP) is 15.7. The van der Waals surface area contributed by atoms with Crippen LogP contribution in [0.5, 0.6) is 0 Å². The predicted molar refractivity (Wildman–Crippen MR) is 249 cm³/mol. The van der Waals surface area contributed by atoms with E-state index in [4.69, 9.17) is 13.7 Å². The van der Waals surface area contributed by atoms with Gasteiger partial charge in [-0.25, -0.2) is 0 Å². The van der Waals surface area contributed by atoms with Gasteiger partial charge in [0, 0.05) is 64.5 Å². The molecular weight excluding hydrogens is 721 g/mol. The molecule has 12 rings (SSSR count). The zero-order chi connectivity index (χ0) is 47.2. The molecule has 1 aliphatic carbocycles. The second-order valence-corrected chi connectivity index (χ2v) is 16.5. The van der Waals surface area contributed by atoms with Crippen LogP contribution in [0.25, 0.3) is 80.7 Å². The van der Waals surface area contributed by atoms with Crippen LogP contribution in [0.15, 0.2) is 194 Å². The maximum Gasteiger partial charge on any atom is 0.0645 e. The molecule has 0 aliphatic heterocycles. The van der Waals surface area contributed by atoms with Crippen LogP contribution >= 0.6 is 11.3 Å². The average Bonchev–Trinajstić information content (AvgIpc) is 3.97. The Hall–Kier alpha value is -6.94. The summed E-state index contributed by atoms with van der Waals surface area (Å²) in [6.07, 6.45) is 0. The number of nitrogens with zero attached hydrogens (tertiary/aromatic N) is 2. The lowest BCUT2D eigenvalue weighted by Crippen LogP contribution is -2.15. The average molecular weight is 769 g/mol. The molecule has 0 amide bonds. The molecular formula is C55H38N2S. The Morgan fingerprint density at radius 2 is 1.21 bits per heavy atom. The molecule has 9 aromatic carbocycles. The molecule has 11 aromatic rings. The quantitative estimate of drug-likeness (QED) is 0.169. The summed E-state index contributed by atoms with van der Waals surface area (Å²) in [4.78, 5) is 1.74. The molecule has 0 saturated carbocycles. The Morgan fingerprint density at radius 3 is 2.05 bits per heavy atom. The largest absolute Gasteiger partial charge is 0.310 e. The zero-order valence-electron chi connectivity index (χ0n) is 41.5. The molecule has 0 saturated heterocycles. The second kappa shape index (κ2) is 12.5. The lowest BCUT2D eigenvalue weighted by atomic mass is 9.82. The van der Waals surface area contributed by atoms with Crippen LogP contribution in [0.3, 0.4) is 0 Å². The van der Waals surface area contributed by atoms with Crippen LogP contribution in [0.1, 0.15) is 38.7 Å². The lowest BCUT2D eigenvalue weighted by Gasteiger charge is -2.27. The van der Waals surface area contributed by atoms with Crippen LogP contribution in [0.2, 0.25) is 0 Å². The van der Waals surface area contributed by atoms with Crippen LogP contribution < -0.4 is 4.90 Å². The first-order valence-electron chi connectivity index (χ1n) is 24.3. The Kier molecular flexibility index (Phi) is 5.32. The van der Waals surface area contributed by atoms with Gasteiger partial charge in [0.15, 0.2) is 0 Å². The van der Waals surface area contributed by atoms with Gasteiger partial charge in [-0.05, 0) is 118 Å². The molecule has 0 spiro atoms. The first-order chi connectivity index (χ1) is 32.6. The lowest BCUT2D eigenvalue weighted by molar-refractivity contribution is 0.660. The van der Waals surface area contributed by atoms with Crippen molar-refractivity contribution in [1.82, 2.24) is 4.57 Å². The van der Waals surface area contributed by atoms with Crippen molar-refractivity contribution in [3.63, 3.8) is 0 Å². The van der Waals surface area contributed by atoms with E-state index in [2.05, 4.69) is 74.5 Å². The zero-order valence-corrected chi connectivity index (χ0v) is 32.3. The van der Waals surface area contributed by atoms with E-state index in [1.165, 1.54) is 5.56 Å². The molecule has 0 unspecified atom stereocenters.